The van der Waals surface area contributed by atoms with E-state index < -0.39 is 5.82 Å². The smallest absolute Gasteiger partial charge is 0.256 e. The number of aromatic nitrogens is 1. The van der Waals surface area contributed by atoms with E-state index in [0.717, 1.165) is 12.0 Å². The summed E-state index contributed by atoms with van der Waals surface area (Å²) >= 11 is 5.64. The maximum Gasteiger partial charge on any atom is 0.256 e. The van der Waals surface area contributed by atoms with Gasteiger partial charge in [0.05, 0.1) is 12.5 Å². The van der Waals surface area contributed by atoms with Gasteiger partial charge in [-0.1, -0.05) is 12.1 Å². The number of ether oxygens (including phenoxy) is 2. The van der Waals surface area contributed by atoms with Gasteiger partial charge >= 0.3 is 0 Å². The number of nitrogens with zero attached hydrogens (tertiary/aromatic N) is 1. The van der Waals surface area contributed by atoms with Gasteiger partial charge in [-0.2, -0.15) is 0 Å². The highest BCUT2D eigenvalue weighted by atomic mass is 35.5. The van der Waals surface area contributed by atoms with E-state index in [2.05, 4.69) is 4.98 Å². The molecule has 0 saturated carbocycles. The summed E-state index contributed by atoms with van der Waals surface area (Å²) in [5.41, 5.74) is 1.50. The van der Waals surface area contributed by atoms with Crippen molar-refractivity contribution >= 4 is 11.6 Å². The molecule has 0 amide bonds. The maximum atomic E-state index is 13.9. The Morgan fingerprint density at radius 2 is 1.95 bits per heavy atom. The zero-order valence-corrected chi connectivity index (χ0v) is 11.9. The SMILES string of the molecule is COCCc1ccc(Oc2nccc(CCl)c2F)cc1. The monoisotopic (exact) mass is 295 g/mol. The van der Waals surface area contributed by atoms with Crippen molar-refractivity contribution in [3.63, 3.8) is 0 Å². The lowest BCUT2D eigenvalue weighted by Gasteiger charge is -2.08. The third-order valence-corrected chi connectivity index (χ3v) is 3.10. The van der Waals surface area contributed by atoms with Crippen molar-refractivity contribution < 1.29 is 13.9 Å². The molecule has 0 bridgehead atoms. The van der Waals surface area contributed by atoms with Crippen LogP contribution in [-0.4, -0.2) is 18.7 Å². The average molecular weight is 296 g/mol. The van der Waals surface area contributed by atoms with Gasteiger partial charge in [0.25, 0.3) is 5.88 Å². The van der Waals surface area contributed by atoms with E-state index in [1.807, 2.05) is 12.1 Å². The normalized spacial score (nSPS) is 10.6. The standard InChI is InChI=1S/C15H15ClFNO2/c1-19-9-7-11-2-4-13(5-3-11)20-15-14(17)12(10-16)6-8-18-15/h2-6,8H,7,9-10H2,1H3. The van der Waals surface area contributed by atoms with E-state index >= 15 is 0 Å². The van der Waals surface area contributed by atoms with Gasteiger partial charge in [0.2, 0.25) is 0 Å². The fraction of sp³-hybridized carbons (Fsp3) is 0.267. The van der Waals surface area contributed by atoms with Crippen LogP contribution >= 0.6 is 11.6 Å². The van der Waals surface area contributed by atoms with Crippen molar-refractivity contribution in [3.05, 3.63) is 53.5 Å². The third-order valence-electron chi connectivity index (χ3n) is 2.81. The molecule has 0 aliphatic carbocycles. The molecule has 5 heteroatoms. The fourth-order valence-electron chi connectivity index (χ4n) is 1.69. The van der Waals surface area contributed by atoms with Crippen molar-refractivity contribution in [2.45, 2.75) is 12.3 Å². The molecule has 1 heterocycles. The number of hydrogen-bond acceptors (Lipinski definition) is 3. The van der Waals surface area contributed by atoms with Crippen LogP contribution in [0, 0.1) is 5.82 Å². The van der Waals surface area contributed by atoms with Crippen LogP contribution in [0.1, 0.15) is 11.1 Å². The lowest BCUT2D eigenvalue weighted by atomic mass is 10.1. The maximum absolute atomic E-state index is 13.9. The summed E-state index contributed by atoms with van der Waals surface area (Å²) in [4.78, 5) is 3.88. The average Bonchev–Trinajstić information content (AvgIpc) is 2.48. The molecule has 0 saturated heterocycles. The van der Waals surface area contributed by atoms with Crippen molar-refractivity contribution in [1.82, 2.24) is 4.98 Å². The second kappa shape index (κ2) is 7.22. The first-order valence-corrected chi connectivity index (χ1v) is 6.73. The van der Waals surface area contributed by atoms with Crippen LogP contribution in [0.4, 0.5) is 4.39 Å². The van der Waals surface area contributed by atoms with Crippen molar-refractivity contribution in [2.75, 3.05) is 13.7 Å². The zero-order chi connectivity index (χ0) is 14.4. The number of pyridine rings is 1. The molecular weight excluding hydrogens is 281 g/mol. The Kier molecular flexibility index (Phi) is 5.32. The Morgan fingerprint density at radius 1 is 1.20 bits per heavy atom. The molecule has 106 valence electrons. The number of alkyl halides is 1. The quantitative estimate of drug-likeness (QED) is 0.756. The zero-order valence-electron chi connectivity index (χ0n) is 11.1. The van der Waals surface area contributed by atoms with Gasteiger partial charge in [0.15, 0.2) is 5.82 Å². The highest BCUT2D eigenvalue weighted by Crippen LogP contribution is 2.25. The Balaban J connectivity index is 2.10. The second-order valence-electron chi connectivity index (χ2n) is 4.21. The molecule has 0 radical (unpaired) electrons. The highest BCUT2D eigenvalue weighted by molar-refractivity contribution is 6.17. The van der Waals surface area contributed by atoms with Gasteiger partial charge < -0.3 is 9.47 Å². The second-order valence-corrected chi connectivity index (χ2v) is 4.48. The van der Waals surface area contributed by atoms with Gasteiger partial charge in [-0.25, -0.2) is 9.37 Å². The summed E-state index contributed by atoms with van der Waals surface area (Å²) in [7, 11) is 1.66. The van der Waals surface area contributed by atoms with E-state index in [-0.39, 0.29) is 11.8 Å². The predicted molar refractivity (Wildman–Crippen MR) is 75.8 cm³/mol. The topological polar surface area (TPSA) is 31.4 Å². The molecule has 0 unspecified atom stereocenters. The molecule has 0 fully saturated rings. The molecular formula is C15H15ClFNO2. The fourth-order valence-corrected chi connectivity index (χ4v) is 1.90. The Hall–Kier alpha value is -1.65. The number of methoxy groups -OCH3 is 1. The van der Waals surface area contributed by atoms with Gasteiger partial charge in [0.1, 0.15) is 5.75 Å². The van der Waals surface area contributed by atoms with Crippen LogP contribution in [0.5, 0.6) is 11.6 Å². The summed E-state index contributed by atoms with van der Waals surface area (Å²) in [6.07, 6.45) is 2.30. The third kappa shape index (κ3) is 3.68. The Labute approximate surface area is 122 Å². The minimum atomic E-state index is -0.522. The van der Waals surface area contributed by atoms with Crippen LogP contribution < -0.4 is 4.74 Å². The molecule has 1 aromatic heterocycles. The Morgan fingerprint density at radius 3 is 2.60 bits per heavy atom. The van der Waals surface area contributed by atoms with Crippen LogP contribution in [0.25, 0.3) is 0 Å². The van der Waals surface area contributed by atoms with E-state index in [0.29, 0.717) is 17.9 Å². The number of halogens is 2. The molecule has 0 aliphatic heterocycles. The lowest BCUT2D eigenvalue weighted by molar-refractivity contribution is 0.202. The molecule has 3 nitrogen and oxygen atoms in total. The minimum absolute atomic E-state index is 0.0622. The van der Waals surface area contributed by atoms with Crippen LogP contribution in [-0.2, 0) is 17.0 Å². The number of benzene rings is 1. The summed E-state index contributed by atoms with van der Waals surface area (Å²) in [5, 5.41) is 0. The van der Waals surface area contributed by atoms with Gasteiger partial charge in [0, 0.05) is 18.9 Å². The van der Waals surface area contributed by atoms with Gasteiger partial charge in [-0.05, 0) is 30.2 Å². The lowest BCUT2D eigenvalue weighted by Crippen LogP contribution is -1.97. The molecule has 20 heavy (non-hydrogen) atoms. The van der Waals surface area contributed by atoms with E-state index in [9.17, 15) is 4.39 Å². The summed E-state index contributed by atoms with van der Waals surface area (Å²) in [6, 6.07) is 8.91. The molecule has 2 aromatic rings. The van der Waals surface area contributed by atoms with Crippen molar-refractivity contribution in [1.29, 1.82) is 0 Å². The number of rotatable bonds is 6. The summed E-state index contributed by atoms with van der Waals surface area (Å²) in [6.45, 7) is 0.661. The molecule has 1 aromatic carbocycles. The molecule has 0 aliphatic rings. The van der Waals surface area contributed by atoms with Crippen LogP contribution in [0.2, 0.25) is 0 Å². The van der Waals surface area contributed by atoms with Crippen LogP contribution in [0.3, 0.4) is 0 Å². The first-order chi connectivity index (χ1) is 9.74. The summed E-state index contributed by atoms with van der Waals surface area (Å²) < 4.78 is 24.4. The predicted octanol–water partition coefficient (Wildman–Crippen LogP) is 3.94. The van der Waals surface area contributed by atoms with Crippen LogP contribution in [0.15, 0.2) is 36.5 Å². The first kappa shape index (κ1) is 14.8. The summed E-state index contributed by atoms with van der Waals surface area (Å²) in [5.74, 6) is 0.0313. The first-order valence-electron chi connectivity index (χ1n) is 6.19. The molecule has 0 spiro atoms. The van der Waals surface area contributed by atoms with Crippen molar-refractivity contribution in [3.8, 4) is 11.6 Å². The Bertz CT molecular complexity index is 560. The van der Waals surface area contributed by atoms with Gasteiger partial charge in [-0.15, -0.1) is 11.6 Å². The van der Waals surface area contributed by atoms with E-state index in [1.165, 1.54) is 12.3 Å². The molecule has 0 N–H and O–H groups in total. The molecule has 2 rings (SSSR count). The largest absolute Gasteiger partial charge is 0.436 e. The molecule has 0 atom stereocenters. The minimum Gasteiger partial charge on any atom is -0.436 e. The number of hydrogen-bond donors (Lipinski definition) is 0. The van der Waals surface area contributed by atoms with E-state index in [4.69, 9.17) is 21.1 Å². The highest BCUT2D eigenvalue weighted by Gasteiger charge is 2.10. The van der Waals surface area contributed by atoms with Gasteiger partial charge in [-0.3, -0.25) is 0 Å². The van der Waals surface area contributed by atoms with E-state index in [1.54, 1.807) is 19.2 Å². The van der Waals surface area contributed by atoms with Crippen molar-refractivity contribution in [2.24, 2.45) is 0 Å².